The van der Waals surface area contributed by atoms with Crippen LogP contribution in [0.4, 0.5) is 0 Å². The second-order valence-electron chi connectivity index (χ2n) is 5.03. The Labute approximate surface area is 121 Å². The molecule has 0 N–H and O–H groups in total. The van der Waals surface area contributed by atoms with Crippen LogP contribution in [0.2, 0.25) is 0 Å². The van der Waals surface area contributed by atoms with Gasteiger partial charge in [-0.05, 0) is 52.6 Å². The topological polar surface area (TPSA) is 37.4 Å². The number of hydrogen-bond acceptors (Lipinski definition) is 2. The predicted molar refractivity (Wildman–Crippen MR) is 78.1 cm³/mol. The van der Waals surface area contributed by atoms with Gasteiger partial charge in [0.2, 0.25) is 5.91 Å². The number of carbonyl (C=O) groups excluding carboxylic acids is 2. The second-order valence-corrected chi connectivity index (χ2v) is 6.27. The summed E-state index contributed by atoms with van der Waals surface area (Å²) in [5.74, 6) is 0.520. The third-order valence-electron chi connectivity index (χ3n) is 3.41. The van der Waals surface area contributed by atoms with Gasteiger partial charge in [-0.25, -0.2) is 0 Å². The maximum absolute atomic E-state index is 12.3. The third-order valence-corrected chi connectivity index (χ3v) is 4.09. The van der Waals surface area contributed by atoms with Crippen molar-refractivity contribution in [2.75, 3.05) is 6.54 Å². The lowest BCUT2D eigenvalue weighted by molar-refractivity contribution is -0.125. The summed E-state index contributed by atoms with van der Waals surface area (Å²) in [6.07, 6.45) is 0.493. The zero-order valence-corrected chi connectivity index (χ0v) is 12.7. The van der Waals surface area contributed by atoms with Crippen molar-refractivity contribution in [1.82, 2.24) is 4.90 Å². The van der Waals surface area contributed by atoms with Crippen LogP contribution in [0, 0.1) is 15.4 Å². The zero-order valence-electron chi connectivity index (χ0n) is 10.5. The zero-order chi connectivity index (χ0) is 13.3. The van der Waals surface area contributed by atoms with Crippen molar-refractivity contribution < 1.29 is 9.59 Å². The van der Waals surface area contributed by atoms with E-state index in [1.807, 2.05) is 18.2 Å². The molecule has 0 saturated carbocycles. The van der Waals surface area contributed by atoms with Gasteiger partial charge in [-0.1, -0.05) is 19.9 Å². The van der Waals surface area contributed by atoms with E-state index in [1.165, 1.54) is 4.90 Å². The van der Waals surface area contributed by atoms with E-state index in [0.29, 0.717) is 30.4 Å². The van der Waals surface area contributed by atoms with Gasteiger partial charge in [0.05, 0.1) is 0 Å². The number of imide groups is 1. The lowest BCUT2D eigenvalue weighted by Gasteiger charge is -2.16. The molecule has 0 spiro atoms. The Balaban J connectivity index is 2.17. The van der Waals surface area contributed by atoms with E-state index in [4.69, 9.17) is 0 Å². The number of rotatable bonds is 2. The van der Waals surface area contributed by atoms with Gasteiger partial charge in [0.15, 0.2) is 0 Å². The average Bonchev–Trinajstić information content (AvgIpc) is 2.70. The molecule has 1 atom stereocenters. The number of amides is 2. The van der Waals surface area contributed by atoms with E-state index >= 15 is 0 Å². The summed E-state index contributed by atoms with van der Waals surface area (Å²) >= 11 is 2.17. The lowest BCUT2D eigenvalue weighted by atomic mass is 9.95. The van der Waals surface area contributed by atoms with Crippen LogP contribution in [0.15, 0.2) is 24.3 Å². The van der Waals surface area contributed by atoms with Crippen molar-refractivity contribution >= 4 is 34.4 Å². The average molecular weight is 357 g/mol. The fraction of sp³-hybridized carbons (Fsp3) is 0.429. The monoisotopic (exact) mass is 357 g/mol. The van der Waals surface area contributed by atoms with Gasteiger partial charge in [-0.3, -0.25) is 14.5 Å². The number of nitrogens with zero attached hydrogens (tertiary/aromatic N) is 1. The second kappa shape index (κ2) is 5.38. The first-order chi connectivity index (χ1) is 8.49. The van der Waals surface area contributed by atoms with Crippen LogP contribution < -0.4 is 0 Å². The smallest absolute Gasteiger partial charge is 0.260 e. The van der Waals surface area contributed by atoms with Crippen LogP contribution in [0.3, 0.4) is 0 Å². The predicted octanol–water partition coefficient (Wildman–Crippen LogP) is 2.94. The first-order valence-corrected chi connectivity index (χ1v) is 7.17. The first-order valence-electron chi connectivity index (χ1n) is 6.09. The molecule has 96 valence electrons. The minimum atomic E-state index is -0.165. The number of halogens is 1. The van der Waals surface area contributed by atoms with Crippen molar-refractivity contribution in [3.05, 3.63) is 33.4 Å². The molecule has 0 radical (unpaired) electrons. The third kappa shape index (κ3) is 2.74. The fourth-order valence-corrected chi connectivity index (χ4v) is 2.70. The van der Waals surface area contributed by atoms with E-state index in [-0.39, 0.29) is 11.8 Å². The maximum atomic E-state index is 12.3. The number of likely N-dealkylation sites (tertiary alicyclic amines) is 1. The molecular weight excluding hydrogens is 341 g/mol. The van der Waals surface area contributed by atoms with Crippen LogP contribution in [-0.2, 0) is 4.79 Å². The molecule has 0 aliphatic carbocycles. The van der Waals surface area contributed by atoms with E-state index < -0.39 is 0 Å². The molecule has 18 heavy (non-hydrogen) atoms. The van der Waals surface area contributed by atoms with E-state index in [0.717, 1.165) is 3.57 Å². The summed E-state index contributed by atoms with van der Waals surface area (Å²) in [6, 6.07) is 7.36. The molecule has 0 aromatic heterocycles. The Morgan fingerprint density at radius 2 is 2.17 bits per heavy atom. The van der Waals surface area contributed by atoms with Gasteiger partial charge >= 0.3 is 0 Å². The quantitative estimate of drug-likeness (QED) is 0.603. The Kier molecular flexibility index (Phi) is 4.04. The largest absolute Gasteiger partial charge is 0.278 e. The summed E-state index contributed by atoms with van der Waals surface area (Å²) in [6.45, 7) is 4.75. The molecule has 1 saturated heterocycles. The highest BCUT2D eigenvalue weighted by Crippen LogP contribution is 2.26. The van der Waals surface area contributed by atoms with Crippen molar-refractivity contribution in [3.63, 3.8) is 0 Å². The van der Waals surface area contributed by atoms with Gasteiger partial charge in [0, 0.05) is 22.1 Å². The van der Waals surface area contributed by atoms with E-state index in [2.05, 4.69) is 36.4 Å². The molecule has 1 aliphatic heterocycles. The van der Waals surface area contributed by atoms with Gasteiger partial charge in [-0.2, -0.15) is 0 Å². The van der Waals surface area contributed by atoms with Gasteiger partial charge in [0.25, 0.3) is 5.91 Å². The molecule has 1 aromatic carbocycles. The fourth-order valence-electron chi connectivity index (χ4n) is 2.16. The molecule has 4 heteroatoms. The van der Waals surface area contributed by atoms with Crippen LogP contribution in [-0.4, -0.2) is 23.3 Å². The first kappa shape index (κ1) is 13.5. The van der Waals surface area contributed by atoms with Crippen LogP contribution >= 0.6 is 22.6 Å². The maximum Gasteiger partial charge on any atom is 0.260 e. The SMILES string of the molecule is CC(C)C1CC(=O)N(C(=O)c2cccc(I)c2)C1. The molecule has 1 fully saturated rings. The molecule has 3 nitrogen and oxygen atoms in total. The number of hydrogen-bond donors (Lipinski definition) is 0. The summed E-state index contributed by atoms with van der Waals surface area (Å²) in [5, 5.41) is 0. The van der Waals surface area contributed by atoms with Crippen molar-refractivity contribution in [2.24, 2.45) is 11.8 Å². The molecule has 1 aliphatic rings. The molecular formula is C14H16INO2. The Hall–Kier alpha value is -0.910. The molecule has 2 amide bonds. The molecule has 0 bridgehead atoms. The highest BCUT2D eigenvalue weighted by molar-refractivity contribution is 14.1. The Bertz CT molecular complexity index is 484. The molecule has 1 aromatic rings. The highest BCUT2D eigenvalue weighted by atomic mass is 127. The van der Waals surface area contributed by atoms with E-state index in [9.17, 15) is 9.59 Å². The van der Waals surface area contributed by atoms with Crippen LogP contribution in [0.1, 0.15) is 30.6 Å². The van der Waals surface area contributed by atoms with Crippen molar-refractivity contribution in [3.8, 4) is 0 Å². The summed E-state index contributed by atoms with van der Waals surface area (Å²) < 4.78 is 1.01. The Morgan fingerprint density at radius 1 is 1.44 bits per heavy atom. The van der Waals surface area contributed by atoms with Gasteiger partial charge in [-0.15, -0.1) is 0 Å². The summed E-state index contributed by atoms with van der Waals surface area (Å²) in [5.41, 5.74) is 0.597. The van der Waals surface area contributed by atoms with Crippen LogP contribution in [0.25, 0.3) is 0 Å². The lowest BCUT2D eigenvalue weighted by Crippen LogP contribution is -2.32. The summed E-state index contributed by atoms with van der Waals surface area (Å²) in [4.78, 5) is 25.6. The number of carbonyl (C=O) groups is 2. The Morgan fingerprint density at radius 3 is 2.72 bits per heavy atom. The van der Waals surface area contributed by atoms with Crippen LogP contribution in [0.5, 0.6) is 0 Å². The van der Waals surface area contributed by atoms with Crippen molar-refractivity contribution in [1.29, 1.82) is 0 Å². The summed E-state index contributed by atoms with van der Waals surface area (Å²) in [7, 11) is 0. The van der Waals surface area contributed by atoms with Crippen molar-refractivity contribution in [2.45, 2.75) is 20.3 Å². The van der Waals surface area contributed by atoms with Gasteiger partial charge in [0.1, 0.15) is 0 Å². The number of benzene rings is 1. The molecule has 1 heterocycles. The highest BCUT2D eigenvalue weighted by Gasteiger charge is 2.35. The van der Waals surface area contributed by atoms with Gasteiger partial charge < -0.3 is 0 Å². The molecule has 2 rings (SSSR count). The standard InChI is InChI=1S/C14H16INO2/c1-9(2)11-7-13(17)16(8-11)14(18)10-4-3-5-12(15)6-10/h3-6,9,11H,7-8H2,1-2H3. The molecule has 1 unspecified atom stereocenters. The minimum Gasteiger partial charge on any atom is -0.278 e. The normalized spacial score (nSPS) is 19.7. The minimum absolute atomic E-state index is 0.0439. The van der Waals surface area contributed by atoms with E-state index in [1.54, 1.807) is 6.07 Å².